The van der Waals surface area contributed by atoms with E-state index in [0.29, 0.717) is 12.1 Å². The molecule has 3 heterocycles. The molecule has 1 N–H and O–H groups in total. The van der Waals surface area contributed by atoms with Gasteiger partial charge in [0.1, 0.15) is 5.82 Å². The molecule has 22 heavy (non-hydrogen) atoms. The summed E-state index contributed by atoms with van der Waals surface area (Å²) in [6.07, 6.45) is 2.50. The molecule has 0 unspecified atom stereocenters. The van der Waals surface area contributed by atoms with Crippen LogP contribution in [0.3, 0.4) is 0 Å². The third-order valence-corrected chi connectivity index (χ3v) is 4.36. The summed E-state index contributed by atoms with van der Waals surface area (Å²) in [6, 6.07) is 5.81. The van der Waals surface area contributed by atoms with Crippen molar-refractivity contribution >= 4 is 23.1 Å². The molecule has 0 bridgehead atoms. The Kier molecular flexibility index (Phi) is 5.03. The monoisotopic (exact) mass is 317 g/mol. The topological polar surface area (TPSA) is 54.5 Å². The Bertz CT molecular complexity index is 592. The van der Waals surface area contributed by atoms with Crippen LogP contribution in [0, 0.1) is 0 Å². The molecule has 0 radical (unpaired) electrons. The number of anilines is 1. The molecular weight excluding hydrogens is 298 g/mol. The van der Waals surface area contributed by atoms with Crippen LogP contribution in [-0.2, 0) is 11.2 Å². The number of hydrogen-bond acceptors (Lipinski definition) is 5. The van der Waals surface area contributed by atoms with Crippen LogP contribution in [0.15, 0.2) is 35.2 Å². The maximum Gasteiger partial charge on any atom is 0.252 e. The third-order valence-electron chi connectivity index (χ3n) is 3.62. The number of pyridine rings is 1. The highest BCUT2D eigenvalue weighted by atomic mass is 32.1. The predicted octanol–water partition coefficient (Wildman–Crippen LogP) is 1.95. The van der Waals surface area contributed by atoms with Gasteiger partial charge in [-0.3, -0.25) is 4.79 Å². The number of carbonyl (C=O) groups is 1. The van der Waals surface area contributed by atoms with E-state index in [1.165, 1.54) is 5.56 Å². The summed E-state index contributed by atoms with van der Waals surface area (Å²) in [5.74, 6) is 0.828. The number of morpholine rings is 1. The number of rotatable bonds is 5. The van der Waals surface area contributed by atoms with E-state index in [1.54, 1.807) is 17.5 Å². The van der Waals surface area contributed by atoms with Crippen LogP contribution in [-0.4, -0.2) is 43.7 Å². The molecule has 0 saturated carbocycles. The summed E-state index contributed by atoms with van der Waals surface area (Å²) in [4.78, 5) is 18.6. The van der Waals surface area contributed by atoms with Gasteiger partial charge in [0.15, 0.2) is 0 Å². The van der Waals surface area contributed by atoms with E-state index >= 15 is 0 Å². The van der Waals surface area contributed by atoms with Gasteiger partial charge >= 0.3 is 0 Å². The number of aromatic nitrogens is 1. The van der Waals surface area contributed by atoms with Crippen LogP contribution in [0.4, 0.5) is 5.82 Å². The van der Waals surface area contributed by atoms with Gasteiger partial charge in [-0.2, -0.15) is 11.3 Å². The van der Waals surface area contributed by atoms with Crippen LogP contribution < -0.4 is 10.2 Å². The van der Waals surface area contributed by atoms with Gasteiger partial charge in [-0.25, -0.2) is 4.98 Å². The molecule has 5 nitrogen and oxygen atoms in total. The number of carbonyl (C=O) groups excluding carboxylic acids is 1. The Labute approximate surface area is 133 Å². The van der Waals surface area contributed by atoms with Gasteiger partial charge in [-0.1, -0.05) is 0 Å². The maximum absolute atomic E-state index is 12.1. The van der Waals surface area contributed by atoms with Gasteiger partial charge in [0.2, 0.25) is 0 Å². The van der Waals surface area contributed by atoms with Gasteiger partial charge in [-0.15, -0.1) is 0 Å². The molecule has 0 aromatic carbocycles. The average molecular weight is 317 g/mol. The number of hydrogen-bond donors (Lipinski definition) is 1. The molecule has 2 aromatic rings. The van der Waals surface area contributed by atoms with Crippen LogP contribution in [0.25, 0.3) is 0 Å². The van der Waals surface area contributed by atoms with E-state index in [1.807, 2.05) is 17.5 Å². The van der Waals surface area contributed by atoms with E-state index < -0.39 is 0 Å². The second-order valence-electron chi connectivity index (χ2n) is 5.14. The first-order valence-corrected chi connectivity index (χ1v) is 8.35. The standard InChI is InChI=1S/C16H19N3O2S/c20-16(17-5-3-13-4-10-22-12-13)14-1-2-15(18-11-14)19-6-8-21-9-7-19/h1-2,4,10-12H,3,5-9H2,(H,17,20). The van der Waals surface area contributed by atoms with Gasteiger partial charge in [0, 0.05) is 25.8 Å². The third kappa shape index (κ3) is 3.84. The van der Waals surface area contributed by atoms with Crippen molar-refractivity contribution in [1.82, 2.24) is 10.3 Å². The number of thiophene rings is 1. The minimum absolute atomic E-state index is 0.0729. The Morgan fingerprint density at radius 3 is 2.86 bits per heavy atom. The molecule has 0 atom stereocenters. The lowest BCUT2D eigenvalue weighted by Gasteiger charge is -2.27. The molecule has 1 fully saturated rings. The summed E-state index contributed by atoms with van der Waals surface area (Å²) < 4.78 is 5.33. The summed E-state index contributed by atoms with van der Waals surface area (Å²) in [6.45, 7) is 3.79. The van der Waals surface area contributed by atoms with Gasteiger partial charge in [0.25, 0.3) is 5.91 Å². The van der Waals surface area contributed by atoms with Gasteiger partial charge in [0.05, 0.1) is 18.8 Å². The van der Waals surface area contributed by atoms with Gasteiger partial charge < -0.3 is 15.0 Å². The lowest BCUT2D eigenvalue weighted by molar-refractivity contribution is 0.0953. The van der Waals surface area contributed by atoms with Crippen molar-refractivity contribution < 1.29 is 9.53 Å². The van der Waals surface area contributed by atoms with Crippen molar-refractivity contribution in [3.05, 3.63) is 46.3 Å². The van der Waals surface area contributed by atoms with Crippen molar-refractivity contribution in [2.45, 2.75) is 6.42 Å². The molecule has 1 saturated heterocycles. The van der Waals surface area contributed by atoms with Crippen molar-refractivity contribution in [1.29, 1.82) is 0 Å². The first kappa shape index (κ1) is 15.0. The molecular formula is C16H19N3O2S. The zero-order valence-corrected chi connectivity index (χ0v) is 13.1. The smallest absolute Gasteiger partial charge is 0.252 e. The second-order valence-corrected chi connectivity index (χ2v) is 5.92. The normalized spacial score (nSPS) is 14.8. The summed E-state index contributed by atoms with van der Waals surface area (Å²) >= 11 is 1.67. The predicted molar refractivity (Wildman–Crippen MR) is 87.6 cm³/mol. The molecule has 2 aromatic heterocycles. The van der Waals surface area contributed by atoms with E-state index in [0.717, 1.165) is 38.5 Å². The fourth-order valence-corrected chi connectivity index (χ4v) is 3.06. The largest absolute Gasteiger partial charge is 0.378 e. The minimum Gasteiger partial charge on any atom is -0.378 e. The molecule has 0 aliphatic carbocycles. The Hall–Kier alpha value is -1.92. The van der Waals surface area contributed by atoms with E-state index in [2.05, 4.69) is 26.6 Å². The molecule has 1 aliphatic rings. The van der Waals surface area contributed by atoms with Crippen molar-refractivity contribution in [2.24, 2.45) is 0 Å². The molecule has 116 valence electrons. The zero-order valence-electron chi connectivity index (χ0n) is 12.3. The Balaban J connectivity index is 1.51. The van der Waals surface area contributed by atoms with Crippen molar-refractivity contribution in [3.8, 4) is 0 Å². The molecule has 0 spiro atoms. The van der Waals surface area contributed by atoms with Crippen LogP contribution in [0.5, 0.6) is 0 Å². The SMILES string of the molecule is O=C(NCCc1ccsc1)c1ccc(N2CCOCC2)nc1. The quantitative estimate of drug-likeness (QED) is 0.916. The first-order valence-electron chi connectivity index (χ1n) is 7.41. The number of ether oxygens (including phenoxy) is 1. The molecule has 1 aliphatic heterocycles. The van der Waals surface area contributed by atoms with Crippen LogP contribution >= 0.6 is 11.3 Å². The Morgan fingerprint density at radius 2 is 2.18 bits per heavy atom. The lowest BCUT2D eigenvalue weighted by Crippen LogP contribution is -2.36. The fourth-order valence-electron chi connectivity index (χ4n) is 2.36. The lowest BCUT2D eigenvalue weighted by atomic mass is 10.2. The number of nitrogens with zero attached hydrogens (tertiary/aromatic N) is 2. The maximum atomic E-state index is 12.1. The van der Waals surface area contributed by atoms with E-state index in [-0.39, 0.29) is 5.91 Å². The average Bonchev–Trinajstić information content (AvgIpc) is 3.09. The highest BCUT2D eigenvalue weighted by molar-refractivity contribution is 7.07. The summed E-state index contributed by atoms with van der Waals surface area (Å²) in [5.41, 5.74) is 1.86. The highest BCUT2D eigenvalue weighted by Crippen LogP contribution is 2.13. The van der Waals surface area contributed by atoms with Crippen LogP contribution in [0.2, 0.25) is 0 Å². The molecule has 6 heteroatoms. The zero-order chi connectivity index (χ0) is 15.2. The molecule has 1 amide bonds. The van der Waals surface area contributed by atoms with E-state index in [4.69, 9.17) is 4.74 Å². The van der Waals surface area contributed by atoms with Crippen LogP contribution in [0.1, 0.15) is 15.9 Å². The van der Waals surface area contributed by atoms with Crippen molar-refractivity contribution in [3.63, 3.8) is 0 Å². The second kappa shape index (κ2) is 7.38. The van der Waals surface area contributed by atoms with E-state index in [9.17, 15) is 4.79 Å². The minimum atomic E-state index is -0.0729. The van der Waals surface area contributed by atoms with Crippen molar-refractivity contribution in [2.75, 3.05) is 37.7 Å². The number of nitrogens with one attached hydrogen (secondary N) is 1. The fraction of sp³-hybridized carbons (Fsp3) is 0.375. The summed E-state index contributed by atoms with van der Waals surface area (Å²) in [5, 5.41) is 7.08. The first-order chi connectivity index (χ1) is 10.8. The molecule has 3 rings (SSSR count). The van der Waals surface area contributed by atoms with Gasteiger partial charge in [-0.05, 0) is 40.9 Å². The highest BCUT2D eigenvalue weighted by Gasteiger charge is 2.13. The summed E-state index contributed by atoms with van der Waals surface area (Å²) in [7, 11) is 0. The number of amides is 1. The Morgan fingerprint density at radius 1 is 1.32 bits per heavy atom.